The Bertz CT molecular complexity index is 501. The molecule has 0 aromatic carbocycles. The summed E-state index contributed by atoms with van der Waals surface area (Å²) in [6.45, 7) is 10.6. The first-order chi connectivity index (χ1) is 10.8. The van der Waals surface area contributed by atoms with Gasteiger partial charge in [-0.15, -0.1) is 11.3 Å². The predicted molar refractivity (Wildman–Crippen MR) is 92.6 cm³/mol. The van der Waals surface area contributed by atoms with Crippen LogP contribution in [0.15, 0.2) is 11.6 Å². The smallest absolute Gasteiger partial charge is 0.318 e. The zero-order valence-electron chi connectivity index (χ0n) is 14.5. The van der Waals surface area contributed by atoms with Crippen LogP contribution in [0.3, 0.4) is 0 Å². The molecule has 1 fully saturated rings. The number of β-amino-alcohol motifs (C(OH)–C–C–N with tert-alkyl or cyclic N) is 1. The van der Waals surface area contributed by atoms with Gasteiger partial charge in [0.05, 0.1) is 11.6 Å². The maximum atomic E-state index is 12.6. The molecule has 0 radical (unpaired) electrons. The normalized spacial score (nSPS) is 21.3. The third kappa shape index (κ3) is 5.16. The summed E-state index contributed by atoms with van der Waals surface area (Å²) < 4.78 is 0. The Morgan fingerprint density at radius 1 is 1.57 bits per heavy atom. The molecule has 23 heavy (non-hydrogen) atoms. The summed E-state index contributed by atoms with van der Waals surface area (Å²) in [5.41, 5.74) is -0.706. The molecule has 2 atom stereocenters. The fraction of sp³-hybridized carbons (Fsp3) is 0.750. The lowest BCUT2D eigenvalue weighted by Crippen LogP contribution is -2.58. The molecule has 6 nitrogen and oxygen atoms in total. The van der Waals surface area contributed by atoms with Crippen molar-refractivity contribution in [2.75, 3.05) is 26.2 Å². The molecule has 2 N–H and O–H groups in total. The quantitative estimate of drug-likeness (QED) is 0.861. The van der Waals surface area contributed by atoms with Crippen LogP contribution in [-0.4, -0.2) is 63.7 Å². The molecule has 2 heterocycles. The second kappa shape index (κ2) is 7.59. The van der Waals surface area contributed by atoms with Crippen molar-refractivity contribution >= 4 is 17.4 Å². The van der Waals surface area contributed by atoms with Crippen molar-refractivity contribution in [2.45, 2.75) is 51.8 Å². The van der Waals surface area contributed by atoms with Gasteiger partial charge < -0.3 is 15.3 Å². The molecular formula is C16H28N4O2S. The molecule has 0 spiro atoms. The van der Waals surface area contributed by atoms with Crippen LogP contribution in [0.2, 0.25) is 0 Å². The summed E-state index contributed by atoms with van der Waals surface area (Å²) in [6.07, 6.45) is 2.60. The third-order valence-electron chi connectivity index (χ3n) is 4.04. The maximum Gasteiger partial charge on any atom is 0.318 e. The molecule has 2 amide bonds. The topological polar surface area (TPSA) is 68.7 Å². The Kier molecular flexibility index (Phi) is 6.00. The number of aliphatic hydroxyl groups is 1. The van der Waals surface area contributed by atoms with E-state index in [1.54, 1.807) is 17.5 Å². The zero-order chi connectivity index (χ0) is 17.0. The van der Waals surface area contributed by atoms with E-state index >= 15 is 0 Å². The van der Waals surface area contributed by atoms with Crippen molar-refractivity contribution in [3.63, 3.8) is 0 Å². The number of rotatable bonds is 5. The van der Waals surface area contributed by atoms with Crippen LogP contribution < -0.4 is 5.32 Å². The van der Waals surface area contributed by atoms with Gasteiger partial charge in [0.1, 0.15) is 5.01 Å². The molecule has 2 rings (SSSR count). The number of amides is 2. The average Bonchev–Trinajstić information content (AvgIpc) is 2.96. The van der Waals surface area contributed by atoms with Gasteiger partial charge in [0.25, 0.3) is 0 Å². The molecule has 0 bridgehead atoms. The van der Waals surface area contributed by atoms with E-state index in [1.165, 1.54) is 0 Å². The van der Waals surface area contributed by atoms with Crippen molar-refractivity contribution < 1.29 is 9.90 Å². The van der Waals surface area contributed by atoms with Crippen molar-refractivity contribution in [2.24, 2.45) is 0 Å². The average molecular weight is 340 g/mol. The van der Waals surface area contributed by atoms with Gasteiger partial charge in [0.2, 0.25) is 0 Å². The van der Waals surface area contributed by atoms with E-state index in [4.69, 9.17) is 0 Å². The third-order valence-corrected chi connectivity index (χ3v) is 4.93. The van der Waals surface area contributed by atoms with Gasteiger partial charge in [0.15, 0.2) is 0 Å². The summed E-state index contributed by atoms with van der Waals surface area (Å²) in [5.74, 6) is 0. The SMILES string of the molecule is CCC(NC(=O)N1CCN(CC(C)(C)O)CC1C)c1nccs1. The minimum atomic E-state index is -0.706. The van der Waals surface area contributed by atoms with Crippen molar-refractivity contribution in [1.82, 2.24) is 20.1 Å². The maximum absolute atomic E-state index is 12.6. The van der Waals surface area contributed by atoms with Gasteiger partial charge in [-0.05, 0) is 27.2 Å². The molecule has 130 valence electrons. The molecule has 1 saturated heterocycles. The highest BCUT2D eigenvalue weighted by atomic mass is 32.1. The van der Waals surface area contributed by atoms with Crippen LogP contribution in [0.5, 0.6) is 0 Å². The van der Waals surface area contributed by atoms with Gasteiger partial charge in [-0.25, -0.2) is 9.78 Å². The number of nitrogens with one attached hydrogen (secondary N) is 1. The fourth-order valence-corrected chi connectivity index (χ4v) is 3.78. The number of hydrogen-bond donors (Lipinski definition) is 2. The Labute approximate surface area is 142 Å². The fourth-order valence-electron chi connectivity index (χ4n) is 3.00. The molecule has 0 saturated carbocycles. The Morgan fingerprint density at radius 3 is 2.83 bits per heavy atom. The number of piperazine rings is 1. The number of urea groups is 1. The summed E-state index contributed by atoms with van der Waals surface area (Å²) in [6, 6.07) is 0.0754. The number of nitrogens with zero attached hydrogens (tertiary/aromatic N) is 3. The van der Waals surface area contributed by atoms with Crippen LogP contribution in [-0.2, 0) is 0 Å². The second-order valence-electron chi connectivity index (χ2n) is 6.87. The van der Waals surface area contributed by atoms with Crippen LogP contribution in [0, 0.1) is 0 Å². The largest absolute Gasteiger partial charge is 0.389 e. The summed E-state index contributed by atoms with van der Waals surface area (Å²) in [5, 5.41) is 15.9. The monoisotopic (exact) mass is 340 g/mol. The van der Waals surface area contributed by atoms with E-state index < -0.39 is 5.60 Å². The van der Waals surface area contributed by atoms with Crippen LogP contribution >= 0.6 is 11.3 Å². The van der Waals surface area contributed by atoms with E-state index in [-0.39, 0.29) is 18.1 Å². The van der Waals surface area contributed by atoms with Crippen molar-refractivity contribution in [3.8, 4) is 0 Å². The molecule has 1 aromatic heterocycles. The van der Waals surface area contributed by atoms with Crippen molar-refractivity contribution in [1.29, 1.82) is 0 Å². The predicted octanol–water partition coefficient (Wildman–Crippen LogP) is 2.08. The Balaban J connectivity index is 1.91. The first-order valence-electron chi connectivity index (χ1n) is 8.21. The highest BCUT2D eigenvalue weighted by Crippen LogP contribution is 2.20. The van der Waals surface area contributed by atoms with Gasteiger partial charge in [0, 0.05) is 43.8 Å². The Morgan fingerprint density at radius 2 is 2.30 bits per heavy atom. The summed E-state index contributed by atoms with van der Waals surface area (Å²) in [7, 11) is 0. The van der Waals surface area contributed by atoms with Crippen LogP contribution in [0.1, 0.15) is 45.2 Å². The zero-order valence-corrected chi connectivity index (χ0v) is 15.3. The number of carbonyl (C=O) groups is 1. The van der Waals surface area contributed by atoms with Gasteiger partial charge in [-0.3, -0.25) is 4.90 Å². The van der Waals surface area contributed by atoms with E-state index in [0.717, 1.165) is 24.5 Å². The second-order valence-corrected chi connectivity index (χ2v) is 7.80. The minimum absolute atomic E-state index is 0.0240. The van der Waals surface area contributed by atoms with Crippen molar-refractivity contribution in [3.05, 3.63) is 16.6 Å². The molecule has 1 aliphatic heterocycles. The molecule has 7 heteroatoms. The molecular weight excluding hydrogens is 312 g/mol. The summed E-state index contributed by atoms with van der Waals surface area (Å²) >= 11 is 1.57. The molecule has 1 aromatic rings. The van der Waals surface area contributed by atoms with E-state index in [1.807, 2.05) is 24.1 Å². The van der Waals surface area contributed by atoms with Gasteiger partial charge in [-0.2, -0.15) is 0 Å². The number of hydrogen-bond acceptors (Lipinski definition) is 5. The summed E-state index contributed by atoms with van der Waals surface area (Å²) in [4.78, 5) is 21.0. The highest BCUT2D eigenvalue weighted by Gasteiger charge is 2.30. The number of thiazole rings is 1. The molecule has 1 aliphatic rings. The van der Waals surface area contributed by atoms with Crippen LogP contribution in [0.4, 0.5) is 4.79 Å². The first-order valence-corrected chi connectivity index (χ1v) is 9.09. The Hall–Kier alpha value is -1.18. The lowest BCUT2D eigenvalue weighted by molar-refractivity contribution is 0.0117. The lowest BCUT2D eigenvalue weighted by Gasteiger charge is -2.41. The minimum Gasteiger partial charge on any atom is -0.389 e. The molecule has 2 unspecified atom stereocenters. The first kappa shape index (κ1) is 18.2. The van der Waals surface area contributed by atoms with Gasteiger partial charge >= 0.3 is 6.03 Å². The standard InChI is InChI=1S/C16H28N4O2S/c1-5-13(14-17-6-9-23-14)18-15(21)20-8-7-19(10-12(20)2)11-16(3,4)22/h6,9,12-13,22H,5,7-8,10-11H2,1-4H3,(H,18,21). The van der Waals surface area contributed by atoms with E-state index in [9.17, 15) is 9.90 Å². The van der Waals surface area contributed by atoms with E-state index in [2.05, 4.69) is 29.0 Å². The van der Waals surface area contributed by atoms with Gasteiger partial charge in [-0.1, -0.05) is 6.92 Å². The highest BCUT2D eigenvalue weighted by molar-refractivity contribution is 7.09. The molecule has 0 aliphatic carbocycles. The van der Waals surface area contributed by atoms with Crippen LogP contribution in [0.25, 0.3) is 0 Å². The number of aromatic nitrogens is 1. The number of carbonyl (C=O) groups excluding carboxylic acids is 1. The van der Waals surface area contributed by atoms with E-state index in [0.29, 0.717) is 13.1 Å². The lowest BCUT2D eigenvalue weighted by atomic mass is 10.1.